The van der Waals surface area contributed by atoms with Crippen LogP contribution in [0.5, 0.6) is 0 Å². The lowest BCUT2D eigenvalue weighted by molar-refractivity contribution is 0.362. The third-order valence-corrected chi connectivity index (χ3v) is 4.20. The van der Waals surface area contributed by atoms with Crippen LogP contribution in [0.4, 0.5) is 5.69 Å². The largest absolute Gasteiger partial charge is 0.374 e. The molecule has 18 heavy (non-hydrogen) atoms. The zero-order chi connectivity index (χ0) is 13.0. The third-order valence-electron chi connectivity index (χ3n) is 3.91. The van der Waals surface area contributed by atoms with Gasteiger partial charge in [0, 0.05) is 36.7 Å². The molecule has 1 fully saturated rings. The molecule has 0 aromatic carbocycles. The van der Waals surface area contributed by atoms with Gasteiger partial charge in [0.1, 0.15) is 0 Å². The van der Waals surface area contributed by atoms with Crippen molar-refractivity contribution in [1.82, 2.24) is 4.98 Å². The number of halogens is 1. The highest BCUT2D eigenvalue weighted by atomic mass is 35.5. The summed E-state index contributed by atoms with van der Waals surface area (Å²) in [6.07, 6.45) is 8.89. The average molecular weight is 267 g/mol. The fourth-order valence-electron chi connectivity index (χ4n) is 2.89. The molecule has 1 heterocycles. The van der Waals surface area contributed by atoms with Crippen LogP contribution >= 0.6 is 11.6 Å². The van der Waals surface area contributed by atoms with Crippen LogP contribution in [-0.2, 0) is 5.88 Å². The van der Waals surface area contributed by atoms with Gasteiger partial charge in [0.15, 0.2) is 0 Å². The number of alkyl halides is 1. The van der Waals surface area contributed by atoms with Crippen molar-refractivity contribution in [2.75, 3.05) is 18.5 Å². The van der Waals surface area contributed by atoms with Gasteiger partial charge in [0.05, 0.1) is 5.88 Å². The SMILES string of the molecule is Cc1cc(N(C)CC2CCCCC2)c(CCl)cn1. The van der Waals surface area contributed by atoms with Gasteiger partial charge in [0.25, 0.3) is 0 Å². The minimum Gasteiger partial charge on any atom is -0.374 e. The molecule has 1 aliphatic rings. The summed E-state index contributed by atoms with van der Waals surface area (Å²) in [5, 5.41) is 0. The normalized spacial score (nSPS) is 16.8. The zero-order valence-corrected chi connectivity index (χ0v) is 12.2. The van der Waals surface area contributed by atoms with Gasteiger partial charge in [0.2, 0.25) is 0 Å². The van der Waals surface area contributed by atoms with Gasteiger partial charge in [-0.3, -0.25) is 4.98 Å². The van der Waals surface area contributed by atoms with Crippen LogP contribution in [-0.4, -0.2) is 18.6 Å². The van der Waals surface area contributed by atoms with Crippen LogP contribution < -0.4 is 4.90 Å². The Labute approximate surface area is 115 Å². The molecular formula is C15H23ClN2. The molecule has 0 N–H and O–H groups in total. The number of nitrogens with zero attached hydrogens (tertiary/aromatic N) is 2. The van der Waals surface area contributed by atoms with Gasteiger partial charge in [-0.2, -0.15) is 0 Å². The highest BCUT2D eigenvalue weighted by Crippen LogP contribution is 2.27. The number of aryl methyl sites for hydroxylation is 1. The van der Waals surface area contributed by atoms with Crippen molar-refractivity contribution in [1.29, 1.82) is 0 Å². The van der Waals surface area contributed by atoms with Crippen molar-refractivity contribution in [3.8, 4) is 0 Å². The summed E-state index contributed by atoms with van der Waals surface area (Å²) in [6.45, 7) is 3.18. The van der Waals surface area contributed by atoms with Gasteiger partial charge in [-0.1, -0.05) is 19.3 Å². The van der Waals surface area contributed by atoms with Gasteiger partial charge in [-0.15, -0.1) is 11.6 Å². The number of hydrogen-bond donors (Lipinski definition) is 0. The summed E-state index contributed by atoms with van der Waals surface area (Å²) in [6, 6.07) is 2.15. The molecule has 1 aromatic heterocycles. The van der Waals surface area contributed by atoms with E-state index >= 15 is 0 Å². The Balaban J connectivity index is 2.07. The number of rotatable bonds is 4. The Bertz CT molecular complexity index is 386. The van der Waals surface area contributed by atoms with E-state index < -0.39 is 0 Å². The number of hydrogen-bond acceptors (Lipinski definition) is 2. The molecule has 0 atom stereocenters. The Morgan fingerprint density at radius 3 is 2.72 bits per heavy atom. The van der Waals surface area contributed by atoms with Crippen molar-refractivity contribution in [2.24, 2.45) is 5.92 Å². The minimum atomic E-state index is 0.539. The maximum absolute atomic E-state index is 6.00. The number of pyridine rings is 1. The van der Waals surface area contributed by atoms with E-state index in [1.807, 2.05) is 13.1 Å². The standard InChI is InChI=1S/C15H23ClN2/c1-12-8-15(14(9-16)10-17-12)18(2)11-13-6-4-3-5-7-13/h8,10,13H,3-7,9,11H2,1-2H3. The van der Waals surface area contributed by atoms with Crippen molar-refractivity contribution in [2.45, 2.75) is 44.9 Å². The summed E-state index contributed by atoms with van der Waals surface area (Å²) < 4.78 is 0. The van der Waals surface area contributed by atoms with Crippen LogP contribution in [0, 0.1) is 12.8 Å². The van der Waals surface area contributed by atoms with E-state index in [2.05, 4.69) is 23.0 Å². The second kappa shape index (κ2) is 6.42. The molecule has 1 saturated carbocycles. The van der Waals surface area contributed by atoms with E-state index in [0.29, 0.717) is 5.88 Å². The van der Waals surface area contributed by atoms with Gasteiger partial charge >= 0.3 is 0 Å². The van der Waals surface area contributed by atoms with E-state index in [1.165, 1.54) is 37.8 Å². The quantitative estimate of drug-likeness (QED) is 0.762. The average Bonchev–Trinajstić information content (AvgIpc) is 2.40. The van der Waals surface area contributed by atoms with E-state index in [-0.39, 0.29) is 0 Å². The lowest BCUT2D eigenvalue weighted by Crippen LogP contribution is -2.27. The first-order valence-corrected chi connectivity index (χ1v) is 7.46. The molecule has 2 nitrogen and oxygen atoms in total. The zero-order valence-electron chi connectivity index (χ0n) is 11.5. The lowest BCUT2D eigenvalue weighted by atomic mass is 9.89. The summed E-state index contributed by atoms with van der Waals surface area (Å²) in [4.78, 5) is 6.69. The Hall–Kier alpha value is -0.760. The van der Waals surface area contributed by atoms with Crippen LogP contribution in [0.25, 0.3) is 0 Å². The fraction of sp³-hybridized carbons (Fsp3) is 0.667. The van der Waals surface area contributed by atoms with E-state index in [1.54, 1.807) is 0 Å². The molecule has 0 unspecified atom stereocenters. The lowest BCUT2D eigenvalue weighted by Gasteiger charge is -2.29. The topological polar surface area (TPSA) is 16.1 Å². The number of aromatic nitrogens is 1. The molecule has 2 rings (SSSR count). The fourth-order valence-corrected chi connectivity index (χ4v) is 3.09. The molecule has 0 radical (unpaired) electrons. The van der Waals surface area contributed by atoms with Crippen LogP contribution in [0.3, 0.4) is 0 Å². The molecule has 0 spiro atoms. The van der Waals surface area contributed by atoms with E-state index in [9.17, 15) is 0 Å². The van der Waals surface area contributed by atoms with Gasteiger partial charge in [-0.25, -0.2) is 0 Å². The molecule has 3 heteroatoms. The highest BCUT2D eigenvalue weighted by molar-refractivity contribution is 6.17. The van der Waals surface area contributed by atoms with Gasteiger partial charge in [-0.05, 0) is 31.7 Å². The summed E-state index contributed by atoms with van der Waals surface area (Å²) in [5.74, 6) is 1.39. The Morgan fingerprint density at radius 1 is 1.33 bits per heavy atom. The second-order valence-corrected chi connectivity index (χ2v) is 5.74. The minimum absolute atomic E-state index is 0.539. The number of anilines is 1. The second-order valence-electron chi connectivity index (χ2n) is 5.47. The first-order chi connectivity index (χ1) is 8.70. The summed E-state index contributed by atoms with van der Waals surface area (Å²) in [7, 11) is 2.18. The maximum Gasteiger partial charge on any atom is 0.0509 e. The molecule has 0 bridgehead atoms. The summed E-state index contributed by atoms with van der Waals surface area (Å²) >= 11 is 6.00. The third kappa shape index (κ3) is 3.38. The van der Waals surface area contributed by atoms with E-state index in [0.717, 1.165) is 23.7 Å². The Morgan fingerprint density at radius 2 is 2.06 bits per heavy atom. The van der Waals surface area contributed by atoms with Crippen molar-refractivity contribution >= 4 is 17.3 Å². The Kier molecular flexibility index (Phi) is 4.87. The highest BCUT2D eigenvalue weighted by Gasteiger charge is 2.17. The molecule has 100 valence electrons. The van der Waals surface area contributed by atoms with Crippen LogP contribution in [0.15, 0.2) is 12.3 Å². The maximum atomic E-state index is 6.00. The molecule has 0 saturated heterocycles. The predicted molar refractivity (Wildman–Crippen MR) is 78.4 cm³/mol. The van der Waals surface area contributed by atoms with Gasteiger partial charge < -0.3 is 4.90 Å². The molecule has 1 aliphatic carbocycles. The van der Waals surface area contributed by atoms with Crippen molar-refractivity contribution < 1.29 is 0 Å². The van der Waals surface area contributed by atoms with Crippen LogP contribution in [0.2, 0.25) is 0 Å². The van der Waals surface area contributed by atoms with Crippen molar-refractivity contribution in [3.05, 3.63) is 23.5 Å². The van der Waals surface area contributed by atoms with E-state index in [4.69, 9.17) is 11.6 Å². The first-order valence-electron chi connectivity index (χ1n) is 6.93. The van der Waals surface area contributed by atoms with Crippen molar-refractivity contribution in [3.63, 3.8) is 0 Å². The molecule has 0 amide bonds. The summed E-state index contributed by atoms with van der Waals surface area (Å²) in [5.41, 5.74) is 3.46. The first kappa shape index (κ1) is 13.7. The molecular weight excluding hydrogens is 244 g/mol. The monoisotopic (exact) mass is 266 g/mol. The smallest absolute Gasteiger partial charge is 0.0509 e. The molecule has 1 aromatic rings. The molecule has 0 aliphatic heterocycles. The predicted octanol–water partition coefficient (Wildman–Crippen LogP) is 4.15. The van der Waals surface area contributed by atoms with Crippen LogP contribution in [0.1, 0.15) is 43.4 Å².